The zero-order valence-corrected chi connectivity index (χ0v) is 14.9. The molecule has 1 atom stereocenters. The van der Waals surface area contributed by atoms with Crippen molar-refractivity contribution in [2.24, 2.45) is 0 Å². The van der Waals surface area contributed by atoms with Crippen molar-refractivity contribution in [2.75, 3.05) is 38.7 Å². The Balaban J connectivity index is 2.10. The van der Waals surface area contributed by atoms with Gasteiger partial charge < -0.3 is 25.4 Å². The maximum Gasteiger partial charge on any atom is 0.319 e. The molecule has 25 heavy (non-hydrogen) atoms. The minimum Gasteiger partial charge on any atom is -0.394 e. The molecule has 7 nitrogen and oxygen atoms in total. The summed E-state index contributed by atoms with van der Waals surface area (Å²) in [5.41, 5.74) is 1.83. The molecular formula is C18H27N3O4. The molecule has 1 aliphatic heterocycles. The maximum absolute atomic E-state index is 12.7. The van der Waals surface area contributed by atoms with Crippen LogP contribution in [-0.4, -0.2) is 61.4 Å². The predicted molar refractivity (Wildman–Crippen MR) is 95.8 cm³/mol. The lowest BCUT2D eigenvalue weighted by Gasteiger charge is -2.21. The Labute approximate surface area is 148 Å². The van der Waals surface area contributed by atoms with E-state index < -0.39 is 12.1 Å². The second-order valence-corrected chi connectivity index (χ2v) is 6.26. The summed E-state index contributed by atoms with van der Waals surface area (Å²) in [6.45, 7) is 3.62. The smallest absolute Gasteiger partial charge is 0.319 e. The van der Waals surface area contributed by atoms with Crippen LogP contribution in [0.1, 0.15) is 35.2 Å². The SMILES string of the molecule is COCC[C@H](CO)NC(=O)Nc1c(C)cccc1C(=O)N1CCCC1. The van der Waals surface area contributed by atoms with Gasteiger partial charge in [0.25, 0.3) is 5.91 Å². The highest BCUT2D eigenvalue weighted by atomic mass is 16.5. The normalized spacial score (nSPS) is 15.1. The molecule has 1 saturated heterocycles. The monoisotopic (exact) mass is 349 g/mol. The first-order valence-corrected chi connectivity index (χ1v) is 8.63. The Morgan fingerprint density at radius 1 is 1.32 bits per heavy atom. The molecule has 0 aliphatic carbocycles. The van der Waals surface area contributed by atoms with Gasteiger partial charge in [-0.1, -0.05) is 12.1 Å². The number of methoxy groups -OCH3 is 1. The number of carbonyl (C=O) groups is 2. The minimum atomic E-state index is -0.445. The number of aryl methyl sites for hydroxylation is 1. The van der Waals surface area contributed by atoms with Crippen molar-refractivity contribution in [2.45, 2.75) is 32.2 Å². The zero-order valence-electron chi connectivity index (χ0n) is 14.9. The third kappa shape index (κ3) is 5.17. The van der Waals surface area contributed by atoms with E-state index in [0.29, 0.717) is 24.3 Å². The molecule has 0 spiro atoms. The molecule has 1 aromatic rings. The van der Waals surface area contributed by atoms with Crippen LogP contribution in [-0.2, 0) is 4.74 Å². The number of amides is 3. The van der Waals surface area contributed by atoms with E-state index in [1.165, 1.54) is 0 Å². The number of nitrogens with one attached hydrogen (secondary N) is 2. The zero-order chi connectivity index (χ0) is 18.2. The van der Waals surface area contributed by atoms with E-state index >= 15 is 0 Å². The molecule has 0 unspecified atom stereocenters. The van der Waals surface area contributed by atoms with Crippen LogP contribution >= 0.6 is 0 Å². The van der Waals surface area contributed by atoms with Gasteiger partial charge in [0.1, 0.15) is 0 Å². The number of nitrogens with zero attached hydrogens (tertiary/aromatic N) is 1. The van der Waals surface area contributed by atoms with Gasteiger partial charge in [-0.15, -0.1) is 0 Å². The Morgan fingerprint density at radius 2 is 2.04 bits per heavy atom. The molecule has 0 aromatic heterocycles. The third-order valence-electron chi connectivity index (χ3n) is 4.36. The summed E-state index contributed by atoms with van der Waals surface area (Å²) in [6, 6.07) is 4.56. The first kappa shape index (κ1) is 19.2. The molecule has 0 bridgehead atoms. The van der Waals surface area contributed by atoms with Crippen molar-refractivity contribution in [3.05, 3.63) is 29.3 Å². The van der Waals surface area contributed by atoms with Crippen LogP contribution in [0.2, 0.25) is 0 Å². The number of benzene rings is 1. The van der Waals surface area contributed by atoms with Crippen LogP contribution in [0.3, 0.4) is 0 Å². The lowest BCUT2D eigenvalue weighted by atomic mass is 10.1. The molecule has 0 radical (unpaired) electrons. The number of hydrogen-bond acceptors (Lipinski definition) is 4. The Morgan fingerprint density at radius 3 is 2.68 bits per heavy atom. The van der Waals surface area contributed by atoms with Crippen LogP contribution in [0.25, 0.3) is 0 Å². The van der Waals surface area contributed by atoms with Crippen LogP contribution < -0.4 is 10.6 Å². The minimum absolute atomic E-state index is 0.0606. The molecule has 2 rings (SSSR count). The van der Waals surface area contributed by atoms with Crippen LogP contribution in [0, 0.1) is 6.92 Å². The van der Waals surface area contributed by atoms with Gasteiger partial charge in [-0.3, -0.25) is 4.79 Å². The number of hydrogen-bond donors (Lipinski definition) is 3. The van der Waals surface area contributed by atoms with E-state index in [0.717, 1.165) is 31.5 Å². The average molecular weight is 349 g/mol. The lowest BCUT2D eigenvalue weighted by molar-refractivity contribution is 0.0793. The fourth-order valence-corrected chi connectivity index (χ4v) is 2.91. The van der Waals surface area contributed by atoms with Gasteiger partial charge in [0.05, 0.1) is 23.9 Å². The van der Waals surface area contributed by atoms with E-state index in [4.69, 9.17) is 4.74 Å². The van der Waals surface area contributed by atoms with Gasteiger partial charge in [-0.2, -0.15) is 0 Å². The van der Waals surface area contributed by atoms with Crippen molar-refractivity contribution in [3.8, 4) is 0 Å². The van der Waals surface area contributed by atoms with Crippen LogP contribution in [0.5, 0.6) is 0 Å². The highest BCUT2D eigenvalue weighted by Crippen LogP contribution is 2.24. The van der Waals surface area contributed by atoms with Gasteiger partial charge in [0.15, 0.2) is 0 Å². The van der Waals surface area contributed by atoms with Crippen molar-refractivity contribution in [1.29, 1.82) is 0 Å². The summed E-state index contributed by atoms with van der Waals surface area (Å²) in [5.74, 6) is -0.0606. The highest BCUT2D eigenvalue weighted by Gasteiger charge is 2.23. The van der Waals surface area contributed by atoms with Gasteiger partial charge >= 0.3 is 6.03 Å². The predicted octanol–water partition coefficient (Wildman–Crippen LogP) is 1.75. The number of ether oxygens (including phenoxy) is 1. The van der Waals surface area contributed by atoms with Crippen molar-refractivity contribution < 1.29 is 19.4 Å². The number of rotatable bonds is 7. The number of aliphatic hydroxyl groups is 1. The number of aliphatic hydroxyl groups excluding tert-OH is 1. The summed E-state index contributed by atoms with van der Waals surface area (Å²) in [7, 11) is 1.57. The summed E-state index contributed by atoms with van der Waals surface area (Å²) >= 11 is 0. The van der Waals surface area contributed by atoms with Crippen molar-refractivity contribution >= 4 is 17.6 Å². The Kier molecular flexibility index (Phi) is 7.21. The summed E-state index contributed by atoms with van der Waals surface area (Å²) < 4.78 is 4.97. The van der Waals surface area contributed by atoms with Gasteiger partial charge in [-0.25, -0.2) is 4.79 Å². The number of carbonyl (C=O) groups excluding carboxylic acids is 2. The molecule has 0 saturated carbocycles. The van der Waals surface area contributed by atoms with E-state index in [2.05, 4.69) is 10.6 Å². The number of anilines is 1. The topological polar surface area (TPSA) is 90.9 Å². The Hall–Kier alpha value is -2.12. The number of para-hydroxylation sites is 1. The molecule has 7 heteroatoms. The molecule has 1 fully saturated rings. The third-order valence-corrected chi connectivity index (χ3v) is 4.36. The van der Waals surface area contributed by atoms with E-state index in [-0.39, 0.29) is 12.5 Å². The van der Waals surface area contributed by atoms with Crippen LogP contribution in [0.4, 0.5) is 10.5 Å². The second kappa shape index (κ2) is 9.39. The van der Waals surface area contributed by atoms with Crippen LogP contribution in [0.15, 0.2) is 18.2 Å². The summed E-state index contributed by atoms with van der Waals surface area (Å²) in [4.78, 5) is 26.8. The maximum atomic E-state index is 12.7. The summed E-state index contributed by atoms with van der Waals surface area (Å²) in [6.07, 6.45) is 2.53. The standard InChI is InChI=1S/C18H27N3O4/c1-13-6-5-7-15(17(23)21-9-3-4-10-21)16(13)20-18(24)19-14(12-22)8-11-25-2/h5-7,14,22H,3-4,8-12H2,1-2H3,(H2,19,20,24)/t14-/m1/s1. The highest BCUT2D eigenvalue weighted by molar-refractivity contribution is 6.04. The van der Waals surface area contributed by atoms with Gasteiger partial charge in [0, 0.05) is 26.8 Å². The summed E-state index contributed by atoms with van der Waals surface area (Å²) in [5, 5.41) is 14.8. The number of likely N-dealkylation sites (tertiary alicyclic amines) is 1. The van der Waals surface area contributed by atoms with E-state index in [1.807, 2.05) is 24.0 Å². The molecular weight excluding hydrogens is 322 g/mol. The molecule has 1 aromatic carbocycles. The number of urea groups is 1. The fraction of sp³-hybridized carbons (Fsp3) is 0.556. The van der Waals surface area contributed by atoms with Gasteiger partial charge in [0.2, 0.25) is 0 Å². The molecule has 1 heterocycles. The first-order valence-electron chi connectivity index (χ1n) is 8.63. The molecule has 138 valence electrons. The van der Waals surface area contributed by atoms with E-state index in [9.17, 15) is 14.7 Å². The molecule has 3 amide bonds. The molecule has 3 N–H and O–H groups in total. The molecule has 1 aliphatic rings. The quantitative estimate of drug-likeness (QED) is 0.699. The largest absolute Gasteiger partial charge is 0.394 e. The Bertz CT molecular complexity index is 600. The fourth-order valence-electron chi connectivity index (χ4n) is 2.91. The average Bonchev–Trinajstić information content (AvgIpc) is 3.14. The van der Waals surface area contributed by atoms with Crippen molar-refractivity contribution in [3.63, 3.8) is 0 Å². The second-order valence-electron chi connectivity index (χ2n) is 6.26. The first-order chi connectivity index (χ1) is 12.1. The lowest BCUT2D eigenvalue weighted by Crippen LogP contribution is -2.41. The van der Waals surface area contributed by atoms with Gasteiger partial charge in [-0.05, 0) is 37.8 Å². The van der Waals surface area contributed by atoms with Crippen molar-refractivity contribution in [1.82, 2.24) is 10.2 Å². The van der Waals surface area contributed by atoms with E-state index in [1.54, 1.807) is 13.2 Å².